The Morgan fingerprint density at radius 1 is 1.27 bits per heavy atom. The Kier molecular flexibility index (Phi) is 3.95. The molecule has 0 fully saturated rings. The average molecular weight is 372 g/mol. The Hall–Kier alpha value is -2.81. The summed E-state index contributed by atoms with van der Waals surface area (Å²) in [4.78, 5) is 23.4. The number of halogens is 1. The summed E-state index contributed by atoms with van der Waals surface area (Å²) in [6.07, 6.45) is 0. The van der Waals surface area contributed by atoms with E-state index in [0.717, 1.165) is 5.69 Å². The molecule has 0 bridgehead atoms. The van der Waals surface area contributed by atoms with Crippen molar-refractivity contribution in [3.05, 3.63) is 47.2 Å². The number of anilines is 1. The normalized spacial score (nSPS) is 16.6. The van der Waals surface area contributed by atoms with Gasteiger partial charge in [-0.3, -0.25) is 4.79 Å². The van der Waals surface area contributed by atoms with Crippen molar-refractivity contribution in [3.8, 4) is 10.8 Å². The predicted octanol–water partition coefficient (Wildman–Crippen LogP) is 2.65. The van der Waals surface area contributed by atoms with E-state index in [-0.39, 0.29) is 17.8 Å². The number of hydrogen-bond acceptors (Lipinski definition) is 6. The van der Waals surface area contributed by atoms with Crippen LogP contribution in [0.4, 0.5) is 10.2 Å². The number of fused-ring (bicyclic) bond motifs is 1. The third-order valence-corrected chi connectivity index (χ3v) is 5.34. The smallest absolute Gasteiger partial charge is 0.254 e. The number of aryl methyl sites for hydroxylation is 1. The molecule has 7 nitrogen and oxygen atoms in total. The minimum atomic E-state index is -0.368. The fraction of sp³-hybridized carbons (Fsp3) is 0.294. The number of rotatable bonds is 2. The molecule has 26 heavy (non-hydrogen) atoms. The topological polar surface area (TPSA) is 89.9 Å². The van der Waals surface area contributed by atoms with Gasteiger partial charge in [0.25, 0.3) is 5.91 Å². The Bertz CT molecular complexity index is 980. The van der Waals surface area contributed by atoms with Crippen molar-refractivity contribution in [2.75, 3.05) is 12.3 Å². The van der Waals surface area contributed by atoms with Crippen LogP contribution in [0.5, 0.6) is 0 Å². The lowest BCUT2D eigenvalue weighted by Crippen LogP contribution is -2.41. The number of aromatic nitrogens is 4. The molecular weight excluding hydrogens is 355 g/mol. The molecule has 0 saturated carbocycles. The first-order valence-electron chi connectivity index (χ1n) is 8.19. The zero-order valence-corrected chi connectivity index (χ0v) is 15.1. The zero-order chi connectivity index (χ0) is 18.4. The van der Waals surface area contributed by atoms with Gasteiger partial charge in [-0.15, -0.1) is 0 Å². The summed E-state index contributed by atoms with van der Waals surface area (Å²) >= 11 is 1.28. The molecule has 1 unspecified atom stereocenters. The second-order valence-electron chi connectivity index (χ2n) is 6.19. The second-order valence-corrected chi connectivity index (χ2v) is 6.94. The minimum absolute atomic E-state index is 0.155. The third kappa shape index (κ3) is 2.64. The molecular formula is C17H17FN6OS. The van der Waals surface area contributed by atoms with Gasteiger partial charge in [-0.1, -0.05) is 0 Å². The Morgan fingerprint density at radius 3 is 2.65 bits per heavy atom. The summed E-state index contributed by atoms with van der Waals surface area (Å²) in [5, 5.41) is 0.714. The molecule has 2 aromatic heterocycles. The number of carbonyl (C=O) groups excluding carboxylic acids is 1. The van der Waals surface area contributed by atoms with Crippen molar-refractivity contribution >= 4 is 23.3 Å². The van der Waals surface area contributed by atoms with Crippen molar-refractivity contribution in [1.82, 2.24) is 23.8 Å². The highest BCUT2D eigenvalue weighted by Crippen LogP contribution is 2.35. The van der Waals surface area contributed by atoms with E-state index in [0.29, 0.717) is 41.1 Å². The van der Waals surface area contributed by atoms with E-state index in [9.17, 15) is 9.18 Å². The summed E-state index contributed by atoms with van der Waals surface area (Å²) in [5.41, 5.74) is 7.39. The van der Waals surface area contributed by atoms with Crippen LogP contribution in [0.1, 0.15) is 34.8 Å². The van der Waals surface area contributed by atoms with E-state index >= 15 is 0 Å². The van der Waals surface area contributed by atoms with Crippen LogP contribution < -0.4 is 5.73 Å². The SMILES string of the molecule is Cc1nsc(-c2nc(N)c3n2CCN(C(=O)c2ccc(F)cc2)C3C)n1. The first-order valence-corrected chi connectivity index (χ1v) is 8.96. The highest BCUT2D eigenvalue weighted by molar-refractivity contribution is 7.09. The van der Waals surface area contributed by atoms with Gasteiger partial charge >= 0.3 is 0 Å². The van der Waals surface area contributed by atoms with Crippen LogP contribution in [0.15, 0.2) is 24.3 Å². The molecule has 1 amide bonds. The molecule has 0 saturated heterocycles. The number of nitrogens with two attached hydrogens (primary N) is 1. The number of benzene rings is 1. The molecule has 134 valence electrons. The Morgan fingerprint density at radius 2 is 2.00 bits per heavy atom. The molecule has 9 heteroatoms. The number of carbonyl (C=O) groups is 1. The predicted molar refractivity (Wildman–Crippen MR) is 96.1 cm³/mol. The first kappa shape index (κ1) is 16.6. The lowest BCUT2D eigenvalue weighted by molar-refractivity contribution is 0.0646. The molecule has 4 rings (SSSR count). The van der Waals surface area contributed by atoms with Crippen LogP contribution >= 0.6 is 11.5 Å². The molecule has 2 N–H and O–H groups in total. The van der Waals surface area contributed by atoms with Gasteiger partial charge in [0, 0.05) is 18.7 Å². The summed E-state index contributed by atoms with van der Waals surface area (Å²) in [5.74, 6) is 1.24. The third-order valence-electron chi connectivity index (χ3n) is 4.53. The molecule has 3 heterocycles. The number of hydrogen-bond donors (Lipinski definition) is 1. The van der Waals surface area contributed by atoms with Gasteiger partial charge in [-0.25, -0.2) is 14.4 Å². The molecule has 0 aliphatic carbocycles. The average Bonchev–Trinajstić information content (AvgIpc) is 3.19. The van der Waals surface area contributed by atoms with Gasteiger partial charge < -0.3 is 15.2 Å². The molecule has 1 atom stereocenters. The Balaban J connectivity index is 1.69. The standard InChI is InChI=1S/C17H17FN6OS/c1-9-13-14(19)21-15(16-20-10(2)22-26-16)24(13)8-7-23(9)17(25)11-3-5-12(18)6-4-11/h3-6,9H,7-8,19H2,1-2H3. The van der Waals surface area contributed by atoms with Crippen molar-refractivity contribution in [2.45, 2.75) is 26.4 Å². The Labute approximate surface area is 153 Å². The number of nitrogen functional groups attached to an aromatic ring is 1. The highest BCUT2D eigenvalue weighted by atomic mass is 32.1. The van der Waals surface area contributed by atoms with Crippen molar-refractivity contribution in [3.63, 3.8) is 0 Å². The highest BCUT2D eigenvalue weighted by Gasteiger charge is 2.33. The minimum Gasteiger partial charge on any atom is -0.382 e. The monoisotopic (exact) mass is 372 g/mol. The molecule has 1 aliphatic rings. The first-order chi connectivity index (χ1) is 12.5. The van der Waals surface area contributed by atoms with Gasteiger partial charge in [-0.2, -0.15) is 4.37 Å². The number of nitrogens with zero attached hydrogens (tertiary/aromatic N) is 5. The van der Waals surface area contributed by atoms with Gasteiger partial charge in [0.1, 0.15) is 17.5 Å². The molecule has 0 radical (unpaired) electrons. The largest absolute Gasteiger partial charge is 0.382 e. The molecule has 1 aliphatic heterocycles. The maximum atomic E-state index is 13.1. The van der Waals surface area contributed by atoms with Crippen LogP contribution in [0.25, 0.3) is 10.8 Å². The van der Waals surface area contributed by atoms with Gasteiger partial charge in [0.15, 0.2) is 10.8 Å². The second kappa shape index (κ2) is 6.17. The molecule has 1 aromatic carbocycles. The summed E-state index contributed by atoms with van der Waals surface area (Å²) in [6, 6.07) is 5.31. The molecule has 0 spiro atoms. The van der Waals surface area contributed by atoms with E-state index in [1.165, 1.54) is 35.8 Å². The maximum absolute atomic E-state index is 13.1. The van der Waals surface area contributed by atoms with Crippen molar-refractivity contribution in [2.24, 2.45) is 0 Å². The van der Waals surface area contributed by atoms with Crippen LogP contribution in [0.2, 0.25) is 0 Å². The maximum Gasteiger partial charge on any atom is 0.254 e. The lowest BCUT2D eigenvalue weighted by atomic mass is 10.1. The summed E-state index contributed by atoms with van der Waals surface area (Å²) in [6.45, 7) is 4.81. The zero-order valence-electron chi connectivity index (χ0n) is 14.3. The summed E-state index contributed by atoms with van der Waals surface area (Å²) < 4.78 is 19.3. The molecule has 3 aromatic rings. The lowest BCUT2D eigenvalue weighted by Gasteiger charge is -2.35. The van der Waals surface area contributed by atoms with Crippen LogP contribution in [-0.2, 0) is 6.54 Å². The van der Waals surface area contributed by atoms with Crippen molar-refractivity contribution < 1.29 is 9.18 Å². The van der Waals surface area contributed by atoms with E-state index in [4.69, 9.17) is 5.73 Å². The van der Waals surface area contributed by atoms with E-state index in [1.807, 2.05) is 18.4 Å². The quantitative estimate of drug-likeness (QED) is 0.747. The van der Waals surface area contributed by atoms with Gasteiger partial charge in [-0.05, 0) is 49.6 Å². The fourth-order valence-electron chi connectivity index (χ4n) is 3.29. The van der Waals surface area contributed by atoms with Crippen LogP contribution in [0.3, 0.4) is 0 Å². The summed E-state index contributed by atoms with van der Waals surface area (Å²) in [7, 11) is 0. The van der Waals surface area contributed by atoms with Crippen LogP contribution in [0, 0.1) is 12.7 Å². The van der Waals surface area contributed by atoms with Crippen LogP contribution in [-0.4, -0.2) is 36.3 Å². The number of imidazole rings is 1. The van der Waals surface area contributed by atoms with E-state index in [2.05, 4.69) is 14.3 Å². The van der Waals surface area contributed by atoms with E-state index in [1.54, 1.807) is 4.90 Å². The van der Waals surface area contributed by atoms with E-state index < -0.39 is 0 Å². The van der Waals surface area contributed by atoms with Gasteiger partial charge in [0.05, 0.1) is 11.7 Å². The van der Waals surface area contributed by atoms with Gasteiger partial charge in [0.2, 0.25) is 0 Å². The van der Waals surface area contributed by atoms with Crippen molar-refractivity contribution in [1.29, 1.82) is 0 Å². The fourth-order valence-corrected chi connectivity index (χ4v) is 3.96. The number of amides is 1.